The maximum Gasteiger partial charge on any atom is 0.312 e. The molecule has 0 bridgehead atoms. The van der Waals surface area contributed by atoms with Crippen molar-refractivity contribution in [3.63, 3.8) is 0 Å². The van der Waals surface area contributed by atoms with Crippen molar-refractivity contribution in [1.29, 1.82) is 5.26 Å². The number of ether oxygens (including phenoxy) is 2. The number of benzene rings is 4. The maximum atomic E-state index is 13.4. The Morgan fingerprint density at radius 3 is 1.83 bits per heavy atom. The van der Waals surface area contributed by atoms with E-state index in [2.05, 4.69) is 40.1 Å². The molecule has 0 unspecified atom stereocenters. The molecule has 0 amide bonds. The number of rotatable bonds is 7. The monoisotopic (exact) mass is 718 g/mol. The number of aryl methyl sites for hydroxylation is 1. The van der Waals surface area contributed by atoms with Crippen LogP contribution in [0.3, 0.4) is 0 Å². The molecular weight excluding hydrogens is 671 g/mol. The minimum absolute atomic E-state index is 0.0364. The molecule has 11 heteroatoms. The van der Waals surface area contributed by atoms with E-state index < -0.39 is 4.92 Å². The first-order valence-electron chi connectivity index (χ1n) is 18.6. The van der Waals surface area contributed by atoms with Crippen molar-refractivity contribution in [2.75, 3.05) is 26.2 Å². The highest BCUT2D eigenvalue weighted by atomic mass is 19.1. The molecule has 2 heterocycles. The molecule has 0 aromatic heterocycles. The Bertz CT molecular complexity index is 1990. The van der Waals surface area contributed by atoms with Gasteiger partial charge < -0.3 is 20.9 Å². The minimum Gasteiger partial charge on any atom is -0.484 e. The summed E-state index contributed by atoms with van der Waals surface area (Å²) in [5.41, 5.74) is 18.1. The molecule has 4 aromatic carbocycles. The second kappa shape index (κ2) is 16.0. The number of nitro groups is 1. The van der Waals surface area contributed by atoms with E-state index in [4.69, 9.17) is 26.2 Å². The minimum atomic E-state index is -0.497. The Labute approximate surface area is 310 Å². The Morgan fingerprint density at radius 2 is 1.32 bits per heavy atom. The molecule has 4 N–H and O–H groups in total. The fourth-order valence-electron chi connectivity index (χ4n) is 8.53. The highest BCUT2D eigenvalue weighted by molar-refractivity contribution is 5.52. The largest absolute Gasteiger partial charge is 0.484 e. The summed E-state index contributed by atoms with van der Waals surface area (Å²) in [6.45, 7) is 5.62. The summed E-state index contributed by atoms with van der Waals surface area (Å²) in [5.74, 6) is 0.724. The van der Waals surface area contributed by atoms with Crippen molar-refractivity contribution in [2.24, 2.45) is 11.5 Å². The normalized spacial score (nSPS) is 25.3. The topological polar surface area (TPSA) is 144 Å². The van der Waals surface area contributed by atoms with Gasteiger partial charge >= 0.3 is 5.69 Å². The van der Waals surface area contributed by atoms with Crippen LogP contribution in [0.25, 0.3) is 0 Å². The number of nitro benzene ring substituents is 1. The van der Waals surface area contributed by atoms with Gasteiger partial charge in [0.05, 0.1) is 28.6 Å². The third-order valence-corrected chi connectivity index (χ3v) is 11.1. The van der Waals surface area contributed by atoms with E-state index in [0.29, 0.717) is 0 Å². The van der Waals surface area contributed by atoms with Crippen LogP contribution in [0.15, 0.2) is 84.9 Å². The van der Waals surface area contributed by atoms with Crippen LogP contribution in [-0.2, 0) is 12.8 Å². The maximum absolute atomic E-state index is 13.4. The zero-order valence-electron chi connectivity index (χ0n) is 30.1. The first-order valence-corrected chi connectivity index (χ1v) is 18.6. The van der Waals surface area contributed by atoms with Crippen LogP contribution in [0.2, 0.25) is 0 Å². The van der Waals surface area contributed by atoms with E-state index in [0.717, 1.165) is 81.6 Å². The highest BCUT2D eigenvalue weighted by Crippen LogP contribution is 2.42. The number of likely N-dealkylation sites (tertiary alicyclic amines) is 2. The van der Waals surface area contributed by atoms with Crippen LogP contribution in [0.4, 0.5) is 10.1 Å². The molecule has 0 saturated carbocycles. The summed E-state index contributed by atoms with van der Waals surface area (Å²) in [7, 11) is 0. The van der Waals surface area contributed by atoms with Crippen LogP contribution >= 0.6 is 0 Å². The van der Waals surface area contributed by atoms with Crippen LogP contribution in [0.1, 0.15) is 71.3 Å². The molecule has 4 aliphatic rings. The summed E-state index contributed by atoms with van der Waals surface area (Å²) < 4.78 is 26.1. The summed E-state index contributed by atoms with van der Waals surface area (Å²) >= 11 is 0. The number of hydrogen-bond acceptors (Lipinski definition) is 9. The van der Waals surface area contributed by atoms with Crippen molar-refractivity contribution in [1.82, 2.24) is 9.80 Å². The lowest BCUT2D eigenvalue weighted by atomic mass is 10.0. The Kier molecular flexibility index (Phi) is 11.0. The smallest absolute Gasteiger partial charge is 0.312 e. The van der Waals surface area contributed by atoms with Crippen LogP contribution in [0.5, 0.6) is 11.5 Å². The Balaban J connectivity index is 0.000000165. The van der Waals surface area contributed by atoms with Gasteiger partial charge in [0.25, 0.3) is 0 Å². The molecule has 2 saturated heterocycles. The number of hydrogen-bond donors (Lipinski definition) is 2. The highest BCUT2D eigenvalue weighted by Gasteiger charge is 2.41. The van der Waals surface area contributed by atoms with Crippen LogP contribution < -0.4 is 20.9 Å². The van der Waals surface area contributed by atoms with Gasteiger partial charge in [-0.3, -0.25) is 19.9 Å². The number of nitrogens with zero attached hydrogens (tertiary/aromatic N) is 4. The van der Waals surface area contributed by atoms with Crippen LogP contribution in [0, 0.1) is 34.2 Å². The van der Waals surface area contributed by atoms with E-state index >= 15 is 0 Å². The van der Waals surface area contributed by atoms with Crippen molar-refractivity contribution in [2.45, 2.75) is 81.8 Å². The third-order valence-electron chi connectivity index (χ3n) is 11.1. The van der Waals surface area contributed by atoms with Gasteiger partial charge in [0, 0.05) is 31.2 Å². The van der Waals surface area contributed by atoms with Gasteiger partial charge in [0.2, 0.25) is 0 Å². The molecule has 10 nitrogen and oxygen atoms in total. The molecule has 2 aliphatic carbocycles. The fraction of sp³-hybridized carbons (Fsp3) is 0.405. The van der Waals surface area contributed by atoms with Gasteiger partial charge in [-0.15, -0.1) is 0 Å². The number of nitriles is 1. The van der Waals surface area contributed by atoms with Crippen molar-refractivity contribution in [3.8, 4) is 17.6 Å². The molecule has 276 valence electrons. The van der Waals surface area contributed by atoms with Crippen molar-refractivity contribution >= 4 is 5.69 Å². The second-order valence-electron chi connectivity index (χ2n) is 14.8. The molecule has 0 spiro atoms. The van der Waals surface area contributed by atoms with Crippen molar-refractivity contribution in [3.05, 3.63) is 134 Å². The fourth-order valence-corrected chi connectivity index (χ4v) is 8.53. The number of fused-ring (bicyclic) bond motifs is 2. The molecule has 2 aliphatic heterocycles. The number of piperidine rings is 2. The lowest BCUT2D eigenvalue weighted by Crippen LogP contribution is -2.49. The zero-order valence-corrected chi connectivity index (χ0v) is 30.1. The lowest BCUT2D eigenvalue weighted by molar-refractivity contribution is -0.386. The van der Waals surface area contributed by atoms with Gasteiger partial charge in [-0.2, -0.15) is 5.26 Å². The molecule has 0 radical (unpaired) electrons. The van der Waals surface area contributed by atoms with Gasteiger partial charge in [-0.05, 0) is 117 Å². The number of nitrogens with two attached hydrogens (primary N) is 2. The molecule has 8 rings (SSSR count). The third kappa shape index (κ3) is 8.06. The average molecular weight is 719 g/mol. The summed E-state index contributed by atoms with van der Waals surface area (Å²) in [6, 6.07) is 28.3. The van der Waals surface area contributed by atoms with Gasteiger partial charge in [-0.25, -0.2) is 4.39 Å². The molecular formula is C42H47FN6O4. The Morgan fingerprint density at radius 1 is 0.792 bits per heavy atom. The summed E-state index contributed by atoms with van der Waals surface area (Å²) in [4.78, 5) is 15.9. The second-order valence-corrected chi connectivity index (χ2v) is 14.8. The molecule has 4 aromatic rings. The summed E-state index contributed by atoms with van der Waals surface area (Å²) in [6.07, 6.45) is 5.75. The van der Waals surface area contributed by atoms with E-state index in [-0.39, 0.29) is 59.2 Å². The predicted molar refractivity (Wildman–Crippen MR) is 201 cm³/mol. The van der Waals surface area contributed by atoms with Gasteiger partial charge in [0.15, 0.2) is 5.75 Å². The summed E-state index contributed by atoms with van der Waals surface area (Å²) in [5, 5.41) is 20.6. The lowest BCUT2D eigenvalue weighted by Gasteiger charge is -2.38. The van der Waals surface area contributed by atoms with E-state index in [1.54, 1.807) is 12.1 Å². The Hall–Kier alpha value is -4.86. The molecule has 6 atom stereocenters. The van der Waals surface area contributed by atoms with E-state index in [9.17, 15) is 14.5 Å². The zero-order chi connectivity index (χ0) is 37.1. The van der Waals surface area contributed by atoms with Crippen molar-refractivity contribution < 1.29 is 18.8 Å². The number of halogens is 1. The quantitative estimate of drug-likeness (QED) is 0.161. The predicted octanol–water partition coefficient (Wildman–Crippen LogP) is 6.54. The standard InChI is InChI=1S/C21H25FN2O.C21H22N4O3/c1-14-11-16(22)8-9-20(14)25-21-18-7-3-2-5-15(18)12-19(21)24-10-4-6-17(23)13-24;22-12-14-7-8-20(18(10-14)25(26)27)28-21-17-6-2-1-4-15(17)11-19(21)24-9-3-5-16(23)13-24/h2-3,5,7-9,11,17,19,21H,4,6,10,12-13,23H2,1H3;1-2,4,6-8,10,16,19,21H,3,5,9,11,13,23H2/t17-,19-,21-;16-,19-,21-/m11/s1. The average Bonchev–Trinajstić information content (AvgIpc) is 3.71. The first kappa shape index (κ1) is 36.5. The van der Waals surface area contributed by atoms with Crippen LogP contribution in [-0.4, -0.2) is 65.1 Å². The first-order chi connectivity index (χ1) is 25.7. The van der Waals surface area contributed by atoms with Gasteiger partial charge in [0.1, 0.15) is 23.8 Å². The van der Waals surface area contributed by atoms with E-state index in [1.165, 1.54) is 41.0 Å². The SMILES string of the molecule is Cc1cc(F)ccc1O[C@@H]1c2ccccc2C[C@H]1N1CCC[C@@H](N)C1.N#Cc1ccc(O[C@@H]2c3ccccc3C[C@H]2N2CCC[C@@H](N)C2)c([N+](=O)[O-])c1. The molecule has 2 fully saturated rings. The molecule has 53 heavy (non-hydrogen) atoms. The van der Waals surface area contributed by atoms with E-state index in [1.807, 2.05) is 31.2 Å². The van der Waals surface area contributed by atoms with Gasteiger partial charge in [-0.1, -0.05) is 48.5 Å².